The zero-order valence-corrected chi connectivity index (χ0v) is 16.6. The lowest BCUT2D eigenvalue weighted by molar-refractivity contribution is -0.119. The van der Waals surface area contributed by atoms with Crippen molar-refractivity contribution in [2.45, 2.75) is 17.9 Å². The molecule has 8 nitrogen and oxygen atoms in total. The van der Waals surface area contributed by atoms with Crippen LogP contribution in [0.3, 0.4) is 0 Å². The van der Waals surface area contributed by atoms with Crippen LogP contribution in [-0.4, -0.2) is 41.6 Å². The van der Waals surface area contributed by atoms with Gasteiger partial charge in [-0.1, -0.05) is 6.07 Å². The maximum atomic E-state index is 12.4. The fourth-order valence-corrected chi connectivity index (χ4v) is 3.77. The van der Waals surface area contributed by atoms with Crippen LogP contribution in [0.2, 0.25) is 0 Å². The second-order valence-corrected chi connectivity index (χ2v) is 8.03. The van der Waals surface area contributed by atoms with E-state index >= 15 is 0 Å². The third-order valence-electron chi connectivity index (χ3n) is 4.64. The summed E-state index contributed by atoms with van der Waals surface area (Å²) < 4.78 is 33.4. The summed E-state index contributed by atoms with van der Waals surface area (Å²) in [7, 11) is -0.602. The molecule has 0 saturated heterocycles. The molecule has 0 fully saturated rings. The Hall–Kier alpha value is -2.78. The normalized spacial score (nSPS) is 13.2. The number of anilines is 1. The number of carbonyl (C=O) groups excluding carboxylic acids is 1. The lowest BCUT2D eigenvalue weighted by Crippen LogP contribution is -2.36. The number of ether oxygens (including phenoxy) is 2. The molecule has 0 bridgehead atoms. The van der Waals surface area contributed by atoms with Crippen LogP contribution in [0.4, 0.5) is 5.69 Å². The van der Waals surface area contributed by atoms with Gasteiger partial charge in [-0.15, -0.1) is 0 Å². The average molecular weight is 405 g/mol. The van der Waals surface area contributed by atoms with Crippen molar-refractivity contribution in [2.24, 2.45) is 5.14 Å². The quantitative estimate of drug-likeness (QED) is 0.712. The van der Waals surface area contributed by atoms with Crippen molar-refractivity contribution in [1.29, 1.82) is 0 Å². The number of rotatable bonds is 7. The number of hydrogen-bond acceptors (Lipinski definition) is 6. The SMILES string of the molecule is COc1ccc(CNC(=O)CN2CCc3cc(S(N)(=O)=O)ccc32)cc1OC. The molecule has 0 atom stereocenters. The molecule has 0 saturated carbocycles. The van der Waals surface area contributed by atoms with Gasteiger partial charge in [0.15, 0.2) is 11.5 Å². The Morgan fingerprint density at radius 1 is 1.14 bits per heavy atom. The van der Waals surface area contributed by atoms with Gasteiger partial charge in [0, 0.05) is 18.8 Å². The predicted octanol–water partition coefficient (Wildman–Crippen LogP) is 1.03. The standard InChI is InChI=1S/C19H23N3O5S/c1-26-17-6-3-13(9-18(17)27-2)11-21-19(23)12-22-8-7-14-10-15(28(20,24)25)4-5-16(14)22/h3-6,9-10H,7-8,11-12H2,1-2H3,(H,21,23)(H2,20,24,25). The summed E-state index contributed by atoms with van der Waals surface area (Å²) in [4.78, 5) is 14.4. The van der Waals surface area contributed by atoms with Crippen molar-refractivity contribution in [1.82, 2.24) is 5.32 Å². The number of nitrogens with zero attached hydrogens (tertiary/aromatic N) is 1. The zero-order chi connectivity index (χ0) is 20.3. The third kappa shape index (κ3) is 4.37. The van der Waals surface area contributed by atoms with E-state index in [4.69, 9.17) is 14.6 Å². The van der Waals surface area contributed by atoms with Crippen LogP contribution >= 0.6 is 0 Å². The number of hydrogen-bond donors (Lipinski definition) is 2. The van der Waals surface area contributed by atoms with Gasteiger partial charge in [0.05, 0.1) is 25.7 Å². The van der Waals surface area contributed by atoms with Crippen LogP contribution in [0, 0.1) is 0 Å². The number of carbonyl (C=O) groups is 1. The van der Waals surface area contributed by atoms with E-state index in [1.165, 1.54) is 6.07 Å². The molecule has 3 rings (SSSR count). The van der Waals surface area contributed by atoms with E-state index < -0.39 is 10.0 Å². The summed E-state index contributed by atoms with van der Waals surface area (Å²) in [5, 5.41) is 8.07. The second kappa shape index (κ2) is 8.07. The number of sulfonamides is 1. The molecule has 0 unspecified atom stereocenters. The molecule has 1 aliphatic rings. The molecule has 0 spiro atoms. The molecule has 150 valence electrons. The summed E-state index contributed by atoms with van der Waals surface area (Å²) in [6, 6.07) is 10.2. The molecule has 2 aromatic carbocycles. The number of primary sulfonamides is 1. The molecule has 1 amide bonds. The average Bonchev–Trinajstić information content (AvgIpc) is 3.07. The number of amides is 1. The minimum absolute atomic E-state index is 0.0889. The summed E-state index contributed by atoms with van der Waals surface area (Å²) >= 11 is 0. The van der Waals surface area contributed by atoms with Gasteiger partial charge in [-0.25, -0.2) is 13.6 Å². The Morgan fingerprint density at radius 3 is 2.57 bits per heavy atom. The van der Waals surface area contributed by atoms with E-state index in [1.807, 2.05) is 17.0 Å². The Bertz CT molecular complexity index is 991. The van der Waals surface area contributed by atoms with Gasteiger partial charge < -0.3 is 19.7 Å². The monoisotopic (exact) mass is 405 g/mol. The first-order valence-electron chi connectivity index (χ1n) is 8.70. The third-order valence-corrected chi connectivity index (χ3v) is 5.55. The number of nitrogens with two attached hydrogens (primary N) is 1. The van der Waals surface area contributed by atoms with E-state index in [1.54, 1.807) is 32.4 Å². The van der Waals surface area contributed by atoms with Crippen LogP contribution < -0.4 is 24.8 Å². The first-order valence-corrected chi connectivity index (χ1v) is 10.2. The minimum atomic E-state index is -3.73. The highest BCUT2D eigenvalue weighted by molar-refractivity contribution is 7.89. The van der Waals surface area contributed by atoms with Crippen LogP contribution in [-0.2, 0) is 27.8 Å². The summed E-state index contributed by atoms with van der Waals surface area (Å²) in [6.07, 6.45) is 0.668. The Balaban J connectivity index is 1.61. The zero-order valence-electron chi connectivity index (χ0n) is 15.8. The highest BCUT2D eigenvalue weighted by atomic mass is 32.2. The predicted molar refractivity (Wildman–Crippen MR) is 105 cm³/mol. The van der Waals surface area contributed by atoms with Crippen molar-refractivity contribution in [3.05, 3.63) is 47.5 Å². The van der Waals surface area contributed by atoms with Gasteiger partial charge in [0.2, 0.25) is 15.9 Å². The lowest BCUT2D eigenvalue weighted by Gasteiger charge is -2.19. The van der Waals surface area contributed by atoms with Gasteiger partial charge in [0.1, 0.15) is 0 Å². The maximum absolute atomic E-state index is 12.4. The lowest BCUT2D eigenvalue weighted by atomic mass is 10.2. The second-order valence-electron chi connectivity index (χ2n) is 6.47. The van der Waals surface area contributed by atoms with E-state index in [0.717, 1.165) is 16.8 Å². The first-order chi connectivity index (χ1) is 13.3. The van der Waals surface area contributed by atoms with Crippen molar-refractivity contribution in [3.63, 3.8) is 0 Å². The van der Waals surface area contributed by atoms with Crippen molar-refractivity contribution < 1.29 is 22.7 Å². The maximum Gasteiger partial charge on any atom is 0.239 e. The van der Waals surface area contributed by atoms with E-state index in [-0.39, 0.29) is 17.3 Å². The summed E-state index contributed by atoms with van der Waals surface area (Å²) in [5.74, 6) is 1.11. The van der Waals surface area contributed by atoms with Crippen molar-refractivity contribution >= 4 is 21.6 Å². The van der Waals surface area contributed by atoms with E-state index in [9.17, 15) is 13.2 Å². The molecular formula is C19H23N3O5S. The first kappa shape index (κ1) is 20.0. The summed E-state index contributed by atoms with van der Waals surface area (Å²) in [5.41, 5.74) is 2.62. The largest absolute Gasteiger partial charge is 0.493 e. The highest BCUT2D eigenvalue weighted by Gasteiger charge is 2.23. The van der Waals surface area contributed by atoms with Crippen LogP contribution in [0.5, 0.6) is 11.5 Å². The smallest absolute Gasteiger partial charge is 0.239 e. The Labute approximate surface area is 164 Å². The van der Waals surface area contributed by atoms with E-state index in [0.29, 0.717) is 31.0 Å². The molecule has 0 radical (unpaired) electrons. The fraction of sp³-hybridized carbons (Fsp3) is 0.316. The molecule has 0 aromatic heterocycles. The minimum Gasteiger partial charge on any atom is -0.493 e. The number of methoxy groups -OCH3 is 2. The van der Waals surface area contributed by atoms with Gasteiger partial charge in [-0.05, 0) is 47.9 Å². The van der Waals surface area contributed by atoms with Crippen LogP contribution in [0.1, 0.15) is 11.1 Å². The van der Waals surface area contributed by atoms with Crippen LogP contribution in [0.25, 0.3) is 0 Å². The topological polar surface area (TPSA) is 111 Å². The van der Waals surface area contributed by atoms with Gasteiger partial charge in [-0.3, -0.25) is 4.79 Å². The molecule has 9 heteroatoms. The molecule has 3 N–H and O–H groups in total. The molecule has 28 heavy (non-hydrogen) atoms. The van der Waals surface area contributed by atoms with Crippen LogP contribution in [0.15, 0.2) is 41.3 Å². The number of nitrogens with one attached hydrogen (secondary N) is 1. The highest BCUT2D eigenvalue weighted by Crippen LogP contribution is 2.30. The van der Waals surface area contributed by atoms with Gasteiger partial charge in [-0.2, -0.15) is 0 Å². The van der Waals surface area contributed by atoms with E-state index in [2.05, 4.69) is 5.32 Å². The number of fused-ring (bicyclic) bond motifs is 1. The molecular weight excluding hydrogens is 382 g/mol. The van der Waals surface area contributed by atoms with Crippen molar-refractivity contribution in [2.75, 3.05) is 32.2 Å². The molecule has 1 heterocycles. The molecule has 2 aromatic rings. The molecule has 1 aliphatic heterocycles. The fourth-order valence-electron chi connectivity index (χ4n) is 3.21. The molecule has 0 aliphatic carbocycles. The Morgan fingerprint density at radius 2 is 1.89 bits per heavy atom. The van der Waals surface area contributed by atoms with Gasteiger partial charge >= 0.3 is 0 Å². The van der Waals surface area contributed by atoms with Crippen molar-refractivity contribution in [3.8, 4) is 11.5 Å². The summed E-state index contributed by atoms with van der Waals surface area (Å²) in [6.45, 7) is 1.20. The van der Waals surface area contributed by atoms with Gasteiger partial charge in [0.25, 0.3) is 0 Å². The Kier molecular flexibility index (Phi) is 5.76. The number of benzene rings is 2.